The average molecular weight is 281 g/mol. The summed E-state index contributed by atoms with van der Waals surface area (Å²) in [5, 5.41) is 0. The van der Waals surface area contributed by atoms with Crippen LogP contribution in [-0.4, -0.2) is 38.4 Å². The van der Waals surface area contributed by atoms with Crippen LogP contribution >= 0.6 is 0 Å². The van der Waals surface area contributed by atoms with Crippen molar-refractivity contribution in [3.8, 4) is 0 Å². The van der Waals surface area contributed by atoms with Crippen molar-refractivity contribution in [2.24, 2.45) is 0 Å². The van der Waals surface area contributed by atoms with Gasteiger partial charge in [0.15, 0.2) is 0 Å². The maximum atomic E-state index is 11.4. The summed E-state index contributed by atoms with van der Waals surface area (Å²) in [6.45, 7) is 6.62. The third-order valence-corrected chi connectivity index (χ3v) is 2.74. The van der Waals surface area contributed by atoms with E-state index in [0.29, 0.717) is 0 Å². The number of hydrogen-bond acceptors (Lipinski definition) is 6. The molecule has 0 aliphatic carbocycles. The fourth-order valence-electron chi connectivity index (χ4n) is 0.928. The Morgan fingerprint density at radius 1 is 1.22 bits per heavy atom. The van der Waals surface area contributed by atoms with Gasteiger partial charge in [-0.2, -0.15) is 0 Å². The predicted octanol–water partition coefficient (Wildman–Crippen LogP) is 0.794. The van der Waals surface area contributed by atoms with Gasteiger partial charge < -0.3 is 9.47 Å². The van der Waals surface area contributed by atoms with Gasteiger partial charge in [-0.15, -0.1) is 0 Å². The summed E-state index contributed by atoms with van der Waals surface area (Å²) in [5.41, 5.74) is -0.791. The summed E-state index contributed by atoms with van der Waals surface area (Å²) in [6.07, 6.45) is -1.38. The zero-order valence-corrected chi connectivity index (χ0v) is 11.8. The first-order valence-electron chi connectivity index (χ1n) is 5.45. The highest BCUT2D eigenvalue weighted by Crippen LogP contribution is 2.07. The molecule has 7 nitrogen and oxygen atoms in total. The molecule has 0 saturated carbocycles. The second-order valence-corrected chi connectivity index (χ2v) is 6.32. The molecule has 0 heterocycles. The molecule has 0 bridgehead atoms. The molecule has 0 spiro atoms. The minimum Gasteiger partial charge on any atom is -0.466 e. The third kappa shape index (κ3) is 8.80. The predicted molar refractivity (Wildman–Crippen MR) is 64.4 cm³/mol. The smallest absolute Gasteiger partial charge is 0.421 e. The fraction of sp³-hybridized carbons (Fsp3) is 0.800. The van der Waals surface area contributed by atoms with E-state index in [4.69, 9.17) is 4.74 Å². The molecule has 0 aromatic carbocycles. The minimum absolute atomic E-state index is 0.179. The zero-order valence-electron chi connectivity index (χ0n) is 11.0. The number of nitrogens with one attached hydrogen (secondary N) is 1. The molecule has 0 aromatic rings. The van der Waals surface area contributed by atoms with Crippen molar-refractivity contribution >= 4 is 22.1 Å². The lowest BCUT2D eigenvalue weighted by atomic mass is 10.2. The highest BCUT2D eigenvalue weighted by molar-refractivity contribution is 7.90. The Morgan fingerprint density at radius 3 is 2.22 bits per heavy atom. The number of sulfonamides is 1. The lowest BCUT2D eigenvalue weighted by molar-refractivity contribution is -0.142. The van der Waals surface area contributed by atoms with Crippen molar-refractivity contribution in [3.63, 3.8) is 0 Å². The van der Waals surface area contributed by atoms with Gasteiger partial charge in [0.2, 0.25) is 10.0 Å². The van der Waals surface area contributed by atoms with E-state index in [0.717, 1.165) is 0 Å². The van der Waals surface area contributed by atoms with E-state index >= 15 is 0 Å². The summed E-state index contributed by atoms with van der Waals surface area (Å²) in [7, 11) is -3.89. The molecule has 0 aliphatic rings. The average Bonchev–Trinajstić information content (AvgIpc) is 2.11. The standard InChI is InChI=1S/C10H19NO6S/c1-5-16-8(12)6-7-18(14,15)11-9(13)17-10(2,3)4/h5-7H2,1-4H3,(H,11,13). The lowest BCUT2D eigenvalue weighted by Gasteiger charge is -2.19. The van der Waals surface area contributed by atoms with E-state index in [-0.39, 0.29) is 13.0 Å². The summed E-state index contributed by atoms with van der Waals surface area (Å²) >= 11 is 0. The number of carbonyl (C=O) groups is 2. The maximum absolute atomic E-state index is 11.4. The van der Waals surface area contributed by atoms with E-state index in [1.165, 1.54) is 0 Å². The van der Waals surface area contributed by atoms with Gasteiger partial charge in [0, 0.05) is 0 Å². The summed E-state index contributed by atoms with van der Waals surface area (Å²) < 4.78 is 33.9. The van der Waals surface area contributed by atoms with Crippen LogP contribution in [0.4, 0.5) is 4.79 Å². The largest absolute Gasteiger partial charge is 0.466 e. The Balaban J connectivity index is 4.24. The molecule has 1 amide bonds. The number of carbonyl (C=O) groups excluding carboxylic acids is 2. The van der Waals surface area contributed by atoms with Crippen molar-refractivity contribution in [2.75, 3.05) is 12.4 Å². The Kier molecular flexibility index (Phi) is 6.10. The quantitative estimate of drug-likeness (QED) is 0.748. The zero-order chi connectivity index (χ0) is 14.4. The number of rotatable bonds is 5. The molecule has 18 heavy (non-hydrogen) atoms. The van der Waals surface area contributed by atoms with Crippen LogP contribution in [0, 0.1) is 0 Å². The van der Waals surface area contributed by atoms with Crippen LogP contribution in [0.2, 0.25) is 0 Å². The van der Waals surface area contributed by atoms with Crippen LogP contribution in [0.5, 0.6) is 0 Å². The first kappa shape index (κ1) is 16.7. The highest BCUT2D eigenvalue weighted by atomic mass is 32.2. The van der Waals surface area contributed by atoms with Crippen LogP contribution in [0.1, 0.15) is 34.1 Å². The first-order chi connectivity index (χ1) is 8.06. The second-order valence-electron chi connectivity index (χ2n) is 4.48. The minimum atomic E-state index is -3.89. The second kappa shape index (κ2) is 6.58. The SMILES string of the molecule is CCOC(=O)CCS(=O)(=O)NC(=O)OC(C)(C)C. The number of ether oxygens (including phenoxy) is 2. The molecule has 1 N–H and O–H groups in total. The molecule has 0 rings (SSSR count). The molecular weight excluding hydrogens is 262 g/mol. The Morgan fingerprint density at radius 2 is 1.78 bits per heavy atom. The molecule has 0 aromatic heterocycles. The van der Waals surface area contributed by atoms with E-state index in [1.807, 2.05) is 0 Å². The first-order valence-corrected chi connectivity index (χ1v) is 7.10. The normalized spacial score (nSPS) is 11.8. The van der Waals surface area contributed by atoms with Crippen molar-refractivity contribution < 1.29 is 27.5 Å². The molecule has 0 radical (unpaired) electrons. The molecule has 0 unspecified atom stereocenters. The number of esters is 1. The van der Waals surface area contributed by atoms with Gasteiger partial charge in [-0.25, -0.2) is 17.9 Å². The molecule has 0 fully saturated rings. The van der Waals surface area contributed by atoms with E-state index in [1.54, 1.807) is 32.4 Å². The van der Waals surface area contributed by atoms with Crippen molar-refractivity contribution in [1.29, 1.82) is 0 Å². The highest BCUT2D eigenvalue weighted by Gasteiger charge is 2.22. The van der Waals surface area contributed by atoms with Gasteiger partial charge in [0.1, 0.15) is 5.60 Å². The molecule has 106 valence electrons. The molecular formula is C10H19NO6S. The van der Waals surface area contributed by atoms with Crippen LogP contribution in [0.3, 0.4) is 0 Å². The maximum Gasteiger partial charge on any atom is 0.421 e. The van der Waals surface area contributed by atoms with Gasteiger partial charge >= 0.3 is 12.1 Å². The molecule has 0 aliphatic heterocycles. The molecule has 8 heteroatoms. The van der Waals surface area contributed by atoms with Gasteiger partial charge in [-0.05, 0) is 27.7 Å². The number of hydrogen-bond donors (Lipinski definition) is 1. The van der Waals surface area contributed by atoms with Crippen molar-refractivity contribution in [3.05, 3.63) is 0 Å². The number of amides is 1. The van der Waals surface area contributed by atoms with Crippen LogP contribution in [0.15, 0.2) is 0 Å². The van der Waals surface area contributed by atoms with Crippen LogP contribution < -0.4 is 4.72 Å². The Bertz CT molecular complexity index is 395. The van der Waals surface area contributed by atoms with Crippen LogP contribution in [-0.2, 0) is 24.3 Å². The third-order valence-electron chi connectivity index (χ3n) is 1.52. The molecule has 0 saturated heterocycles. The van der Waals surface area contributed by atoms with Gasteiger partial charge in [-0.1, -0.05) is 0 Å². The summed E-state index contributed by atoms with van der Waals surface area (Å²) in [4.78, 5) is 22.2. The van der Waals surface area contributed by atoms with Gasteiger partial charge in [0.25, 0.3) is 0 Å². The van der Waals surface area contributed by atoms with E-state index in [2.05, 4.69) is 4.74 Å². The van der Waals surface area contributed by atoms with Crippen molar-refractivity contribution in [1.82, 2.24) is 4.72 Å². The molecule has 0 atom stereocenters. The topological polar surface area (TPSA) is 98.8 Å². The van der Waals surface area contributed by atoms with E-state index < -0.39 is 33.4 Å². The Labute approximate surface area is 107 Å². The summed E-state index contributed by atoms with van der Waals surface area (Å²) in [5.74, 6) is -1.16. The van der Waals surface area contributed by atoms with Gasteiger partial charge in [-0.3, -0.25) is 4.79 Å². The lowest BCUT2D eigenvalue weighted by Crippen LogP contribution is -2.37. The monoisotopic (exact) mass is 281 g/mol. The van der Waals surface area contributed by atoms with Crippen LogP contribution in [0.25, 0.3) is 0 Å². The summed E-state index contributed by atoms with van der Waals surface area (Å²) in [6, 6.07) is 0. The fourth-order valence-corrected chi connectivity index (χ4v) is 1.76. The van der Waals surface area contributed by atoms with E-state index in [9.17, 15) is 18.0 Å². The van der Waals surface area contributed by atoms with Crippen molar-refractivity contribution in [2.45, 2.75) is 39.7 Å². The Hall–Kier alpha value is -1.31. The van der Waals surface area contributed by atoms with Gasteiger partial charge in [0.05, 0.1) is 18.8 Å².